The van der Waals surface area contributed by atoms with Crippen molar-refractivity contribution in [3.05, 3.63) is 70.6 Å². The number of thiol groups is 1. The summed E-state index contributed by atoms with van der Waals surface area (Å²) < 4.78 is 23.5. The van der Waals surface area contributed by atoms with Gasteiger partial charge in [-0.2, -0.15) is 17.7 Å². The molecular weight excluding hydrogens is 670 g/mol. The highest BCUT2D eigenvalue weighted by molar-refractivity contribution is 7.80. The van der Waals surface area contributed by atoms with Gasteiger partial charge in [0.05, 0.1) is 18.4 Å². The molecule has 3 rings (SSSR count). The summed E-state index contributed by atoms with van der Waals surface area (Å²) in [4.78, 5) is 36.0. The number of allylic oxidation sites excluding steroid dienone is 3. The van der Waals surface area contributed by atoms with Crippen LogP contribution in [-0.2, 0) is 43.6 Å². The van der Waals surface area contributed by atoms with Crippen molar-refractivity contribution in [1.29, 1.82) is 0 Å². The van der Waals surface area contributed by atoms with Gasteiger partial charge < -0.3 is 44.7 Å². The molecule has 15 heteroatoms. The van der Waals surface area contributed by atoms with Crippen LogP contribution in [0, 0.1) is 0 Å². The molecule has 1 saturated heterocycles. The maximum absolute atomic E-state index is 13.2. The molecule has 14 nitrogen and oxygen atoms in total. The van der Waals surface area contributed by atoms with Crippen LogP contribution < -0.4 is 10.1 Å². The van der Waals surface area contributed by atoms with Crippen molar-refractivity contribution in [3.8, 4) is 5.75 Å². The fourth-order valence-corrected chi connectivity index (χ4v) is 5.41. The van der Waals surface area contributed by atoms with E-state index in [4.69, 9.17) is 18.9 Å². The highest BCUT2D eigenvalue weighted by Gasteiger charge is 2.48. The zero-order valence-corrected chi connectivity index (χ0v) is 29.6. The molecule has 50 heavy (non-hydrogen) atoms. The summed E-state index contributed by atoms with van der Waals surface area (Å²) in [6.45, 7) is 7.17. The van der Waals surface area contributed by atoms with Crippen molar-refractivity contribution in [2.24, 2.45) is 0 Å². The summed E-state index contributed by atoms with van der Waals surface area (Å²) in [6.07, 6.45) is 3.52. The minimum absolute atomic E-state index is 0.0200. The molecule has 1 fully saturated rings. The molecule has 0 spiro atoms. The number of aliphatic hydroxyl groups is 3. The third-order valence-corrected chi connectivity index (χ3v) is 8.11. The van der Waals surface area contributed by atoms with E-state index in [1.165, 1.54) is 36.3 Å². The number of aliphatic carboxylic acids is 1. The number of hydrogen-bond donors (Lipinski definition) is 6. The summed E-state index contributed by atoms with van der Waals surface area (Å²) in [5.41, 5.74) is 4.11. The lowest BCUT2D eigenvalue weighted by Gasteiger charge is -2.38. The van der Waals surface area contributed by atoms with Gasteiger partial charge in [-0.15, -0.1) is 0 Å². The Bertz CT molecular complexity index is 1480. The van der Waals surface area contributed by atoms with E-state index in [0.29, 0.717) is 25.2 Å². The number of aromatic nitrogens is 2. The first-order valence-corrected chi connectivity index (χ1v) is 17.2. The summed E-state index contributed by atoms with van der Waals surface area (Å²) in [5, 5.41) is 47.0. The van der Waals surface area contributed by atoms with Crippen molar-refractivity contribution in [3.63, 3.8) is 0 Å². The number of aryl methyl sites for hydroxylation is 1. The Morgan fingerprint density at radius 3 is 2.48 bits per heavy atom. The average molecular weight is 720 g/mol. The van der Waals surface area contributed by atoms with Gasteiger partial charge in [-0.05, 0) is 63.6 Å². The number of rotatable bonds is 20. The van der Waals surface area contributed by atoms with Crippen LogP contribution in [0.2, 0.25) is 0 Å². The zero-order chi connectivity index (χ0) is 36.6. The van der Waals surface area contributed by atoms with Crippen LogP contribution in [0.5, 0.6) is 5.75 Å². The van der Waals surface area contributed by atoms with Gasteiger partial charge in [0.25, 0.3) is 5.91 Å². The van der Waals surface area contributed by atoms with Crippen molar-refractivity contribution < 1.29 is 53.8 Å². The van der Waals surface area contributed by atoms with Gasteiger partial charge in [-0.1, -0.05) is 29.4 Å². The van der Waals surface area contributed by atoms with Crippen LogP contribution in [0.4, 0.5) is 0 Å². The number of hydrogen-bond acceptors (Lipinski definition) is 12. The van der Waals surface area contributed by atoms with Crippen molar-refractivity contribution in [1.82, 2.24) is 15.1 Å². The molecule has 276 valence electrons. The van der Waals surface area contributed by atoms with Crippen LogP contribution in [-0.4, -0.2) is 97.7 Å². The molecule has 1 amide bonds. The number of carbonyl (C=O) groups excluding carboxylic acids is 2. The zero-order valence-electron chi connectivity index (χ0n) is 28.7. The van der Waals surface area contributed by atoms with Crippen LogP contribution in [0.3, 0.4) is 0 Å². The van der Waals surface area contributed by atoms with Crippen LogP contribution >= 0.6 is 12.6 Å². The third-order valence-electron chi connectivity index (χ3n) is 7.92. The number of carbonyl (C=O) groups is 3. The molecule has 1 aliphatic heterocycles. The maximum atomic E-state index is 13.2. The van der Waals surface area contributed by atoms with Gasteiger partial charge in [0, 0.05) is 44.1 Å². The summed E-state index contributed by atoms with van der Waals surface area (Å²) in [6, 6.07) is 4.29. The number of ether oxygens (including phenoxy) is 4. The predicted octanol–water partition coefficient (Wildman–Crippen LogP) is 2.94. The van der Waals surface area contributed by atoms with Crippen LogP contribution in [0.1, 0.15) is 74.4 Å². The largest absolute Gasteiger partial charge is 0.479 e. The van der Waals surface area contributed by atoms with Gasteiger partial charge in [0.2, 0.25) is 6.29 Å². The Kier molecular flexibility index (Phi) is 17.0. The van der Waals surface area contributed by atoms with E-state index in [0.717, 1.165) is 43.5 Å². The predicted molar refractivity (Wildman–Crippen MR) is 186 cm³/mol. The highest BCUT2D eigenvalue weighted by atomic mass is 32.1. The Morgan fingerprint density at radius 2 is 1.76 bits per heavy atom. The Morgan fingerprint density at radius 1 is 1.00 bits per heavy atom. The number of nitrogens with zero attached hydrogens (tertiary/aromatic N) is 2. The lowest BCUT2D eigenvalue weighted by Crippen LogP contribution is -2.61. The summed E-state index contributed by atoms with van der Waals surface area (Å²) in [5.74, 6) is -1.99. The smallest absolute Gasteiger partial charge is 0.335 e. The average Bonchev–Trinajstić information content (AvgIpc) is 3.53. The van der Waals surface area contributed by atoms with E-state index in [9.17, 15) is 34.8 Å². The van der Waals surface area contributed by atoms with Gasteiger partial charge in [0.1, 0.15) is 30.7 Å². The molecule has 0 saturated carbocycles. The molecule has 0 radical (unpaired) electrons. The van der Waals surface area contributed by atoms with Crippen molar-refractivity contribution in [2.45, 2.75) is 103 Å². The molecule has 2 aromatic rings. The second kappa shape index (κ2) is 20.8. The fourth-order valence-electron chi connectivity index (χ4n) is 5.10. The number of nitrogens with one attached hydrogen (secondary N) is 1. The van der Waals surface area contributed by atoms with Crippen molar-refractivity contribution >= 4 is 30.5 Å². The number of amides is 1. The SMILES string of the molecule is CC(=O)OCc1ccc(O[C@@H]2O[C@H](C(=O)O)[C@@H](O)[C@H](O)[C@H]2O)c(C(=O)NCCCOCc2cnn(CCC/C(C)=C/CC/C(C)=C/CS)c2)c1. The molecular formula is C35H49N3O11S. The van der Waals surface area contributed by atoms with Crippen molar-refractivity contribution in [2.75, 3.05) is 18.9 Å². The van der Waals surface area contributed by atoms with E-state index >= 15 is 0 Å². The van der Waals surface area contributed by atoms with E-state index < -0.39 is 48.6 Å². The highest BCUT2D eigenvalue weighted by Crippen LogP contribution is 2.28. The maximum Gasteiger partial charge on any atom is 0.335 e. The fraction of sp³-hybridized carbons (Fsp3) is 0.543. The molecule has 1 aromatic heterocycles. The minimum Gasteiger partial charge on any atom is -0.479 e. The van der Waals surface area contributed by atoms with Crippen LogP contribution in [0.25, 0.3) is 0 Å². The number of esters is 1. The van der Waals surface area contributed by atoms with E-state index in [1.807, 2.05) is 10.9 Å². The molecule has 1 aromatic carbocycles. The monoisotopic (exact) mass is 719 g/mol. The van der Waals surface area contributed by atoms with E-state index in [2.05, 4.69) is 49.0 Å². The number of benzene rings is 1. The first-order chi connectivity index (χ1) is 23.9. The quantitative estimate of drug-likeness (QED) is 0.0507. The van der Waals surface area contributed by atoms with E-state index in [-0.39, 0.29) is 24.5 Å². The molecule has 1 aliphatic rings. The second-order valence-corrected chi connectivity index (χ2v) is 12.5. The van der Waals surface area contributed by atoms with Gasteiger partial charge >= 0.3 is 11.9 Å². The van der Waals surface area contributed by atoms with Crippen LogP contribution in [0.15, 0.2) is 53.9 Å². The van der Waals surface area contributed by atoms with E-state index in [1.54, 1.807) is 6.20 Å². The molecule has 2 heterocycles. The molecule has 5 N–H and O–H groups in total. The number of carboxylic acids is 1. The number of aliphatic hydroxyl groups excluding tert-OH is 3. The lowest BCUT2D eigenvalue weighted by molar-refractivity contribution is -0.271. The first-order valence-electron chi connectivity index (χ1n) is 16.5. The molecule has 0 bridgehead atoms. The molecule has 5 atom stereocenters. The van der Waals surface area contributed by atoms with Gasteiger partial charge in [-0.3, -0.25) is 14.3 Å². The molecule has 0 aliphatic carbocycles. The number of carboxylic acid groups (broad SMARTS) is 1. The Labute approximate surface area is 297 Å². The second-order valence-electron chi connectivity index (χ2n) is 12.2. The standard InChI is InChI=1S/C35H49N3O11S/c1-22(7-4-8-23(2)12-16-50)9-5-14-38-19-26(18-37-38)20-46-15-6-13-36-33(43)27-17-25(21-47-24(3)39)10-11-28(27)48-35-31(42)29(40)30(41)32(49-35)34(44)45/h7,10-12,17-19,29-32,35,40-42,50H,4-6,8-9,13-16,20-21H2,1-3H3,(H,36,43)(H,44,45)/b22-7+,23-12+/t29-,30-,31+,32-,35+/m0/s1. The normalized spacial score (nSPS) is 21.1. The topological polar surface area (TPSA) is 199 Å². The minimum atomic E-state index is -1.90. The van der Waals surface area contributed by atoms with Gasteiger partial charge in [-0.25, -0.2) is 4.79 Å². The summed E-state index contributed by atoms with van der Waals surface area (Å²) in [7, 11) is 0. The Balaban J connectivity index is 1.47. The van der Waals surface area contributed by atoms with Gasteiger partial charge in [0.15, 0.2) is 6.10 Å². The Hall–Kier alpha value is -3.73. The first kappa shape index (κ1) is 40.7. The summed E-state index contributed by atoms with van der Waals surface area (Å²) >= 11 is 4.23. The lowest BCUT2D eigenvalue weighted by atomic mass is 9.99. The third kappa shape index (κ3) is 13.2. The molecule has 0 unspecified atom stereocenters.